The molecule has 3 rings (SSSR count). The molecule has 0 N–H and O–H groups in total. The Balaban J connectivity index is 2.23. The quantitative estimate of drug-likeness (QED) is 0.500. The van der Waals surface area contributed by atoms with Crippen LogP contribution in [-0.4, -0.2) is 5.78 Å². The maximum absolute atomic E-state index is 11.2. The average molecular weight is 138 g/mol. The SMILES string of the molecule is CC1(C)C2CCC(=O)[C@@H]1C2. The third-order valence-electron chi connectivity index (χ3n) is 3.60. The van der Waals surface area contributed by atoms with Gasteiger partial charge >= 0.3 is 0 Å². The van der Waals surface area contributed by atoms with E-state index >= 15 is 0 Å². The second-order valence-electron chi connectivity index (χ2n) is 4.31. The average Bonchev–Trinajstić information content (AvgIpc) is 1.87. The molecule has 2 atom stereocenters. The summed E-state index contributed by atoms with van der Waals surface area (Å²) < 4.78 is 0. The van der Waals surface area contributed by atoms with Crippen molar-refractivity contribution in [3.8, 4) is 0 Å². The zero-order valence-corrected chi connectivity index (χ0v) is 6.68. The maximum Gasteiger partial charge on any atom is 0.136 e. The standard InChI is InChI=1S/C9H14O/c1-9(2)6-3-4-8(10)7(9)5-6/h6-7H,3-5H2,1-2H3/t6?,7-/m0/s1. The summed E-state index contributed by atoms with van der Waals surface area (Å²) in [4.78, 5) is 11.2. The first-order valence-electron chi connectivity index (χ1n) is 4.15. The Morgan fingerprint density at radius 3 is 2.50 bits per heavy atom. The number of hydrogen-bond donors (Lipinski definition) is 0. The fourth-order valence-corrected chi connectivity index (χ4v) is 2.54. The number of hydrogen-bond acceptors (Lipinski definition) is 1. The van der Waals surface area contributed by atoms with Crippen molar-refractivity contribution in [2.45, 2.75) is 33.1 Å². The van der Waals surface area contributed by atoms with E-state index in [4.69, 9.17) is 0 Å². The fraction of sp³-hybridized carbons (Fsp3) is 0.889. The van der Waals surface area contributed by atoms with E-state index in [9.17, 15) is 4.79 Å². The first kappa shape index (κ1) is 6.38. The van der Waals surface area contributed by atoms with Crippen LogP contribution in [0.15, 0.2) is 0 Å². The highest BCUT2D eigenvalue weighted by Gasteiger charge is 2.53. The number of carbonyl (C=O) groups excluding carboxylic acids is 1. The van der Waals surface area contributed by atoms with E-state index in [0.717, 1.165) is 18.8 Å². The van der Waals surface area contributed by atoms with Crippen LogP contribution in [0.3, 0.4) is 0 Å². The maximum atomic E-state index is 11.2. The second-order valence-corrected chi connectivity index (χ2v) is 4.31. The van der Waals surface area contributed by atoms with Crippen molar-refractivity contribution in [2.75, 3.05) is 0 Å². The van der Waals surface area contributed by atoms with Crippen molar-refractivity contribution in [1.82, 2.24) is 0 Å². The fourth-order valence-electron chi connectivity index (χ4n) is 2.54. The number of ketones is 1. The molecule has 3 aliphatic rings. The molecule has 0 aromatic rings. The van der Waals surface area contributed by atoms with Crippen LogP contribution in [0.25, 0.3) is 0 Å². The van der Waals surface area contributed by atoms with Crippen LogP contribution >= 0.6 is 0 Å². The van der Waals surface area contributed by atoms with E-state index in [2.05, 4.69) is 13.8 Å². The monoisotopic (exact) mass is 138 g/mol. The van der Waals surface area contributed by atoms with Crippen LogP contribution in [0, 0.1) is 17.3 Å². The largest absolute Gasteiger partial charge is 0.299 e. The molecule has 0 heterocycles. The Bertz CT molecular complexity index is 179. The smallest absolute Gasteiger partial charge is 0.136 e. The van der Waals surface area contributed by atoms with E-state index in [1.54, 1.807) is 0 Å². The van der Waals surface area contributed by atoms with Gasteiger partial charge < -0.3 is 0 Å². The van der Waals surface area contributed by atoms with E-state index < -0.39 is 0 Å². The highest BCUT2D eigenvalue weighted by Crippen LogP contribution is 2.57. The van der Waals surface area contributed by atoms with Crippen molar-refractivity contribution in [3.63, 3.8) is 0 Å². The van der Waals surface area contributed by atoms with Gasteiger partial charge in [0.25, 0.3) is 0 Å². The molecule has 3 aliphatic carbocycles. The molecule has 0 saturated heterocycles. The summed E-state index contributed by atoms with van der Waals surface area (Å²) in [6, 6.07) is 0. The first-order valence-corrected chi connectivity index (χ1v) is 4.15. The van der Waals surface area contributed by atoms with Crippen molar-refractivity contribution < 1.29 is 4.79 Å². The Morgan fingerprint density at radius 2 is 2.20 bits per heavy atom. The van der Waals surface area contributed by atoms with Gasteiger partial charge in [-0.25, -0.2) is 0 Å². The summed E-state index contributed by atoms with van der Waals surface area (Å²) >= 11 is 0. The molecule has 1 unspecified atom stereocenters. The Kier molecular flexibility index (Phi) is 1.04. The molecule has 56 valence electrons. The summed E-state index contributed by atoms with van der Waals surface area (Å²) in [5.74, 6) is 1.80. The topological polar surface area (TPSA) is 17.1 Å². The van der Waals surface area contributed by atoms with Gasteiger partial charge in [0.15, 0.2) is 0 Å². The summed E-state index contributed by atoms with van der Waals surface area (Å²) in [5.41, 5.74) is 0.356. The van der Waals surface area contributed by atoms with Crippen LogP contribution in [0.4, 0.5) is 0 Å². The number of rotatable bonds is 0. The number of carbonyl (C=O) groups is 1. The molecule has 0 spiro atoms. The van der Waals surface area contributed by atoms with E-state index in [1.807, 2.05) is 0 Å². The molecule has 1 heteroatoms. The van der Waals surface area contributed by atoms with Gasteiger partial charge in [0, 0.05) is 12.3 Å². The van der Waals surface area contributed by atoms with E-state index in [-0.39, 0.29) is 0 Å². The van der Waals surface area contributed by atoms with Crippen LogP contribution < -0.4 is 0 Å². The van der Waals surface area contributed by atoms with Gasteiger partial charge in [-0.15, -0.1) is 0 Å². The third kappa shape index (κ3) is 0.561. The predicted octanol–water partition coefficient (Wildman–Crippen LogP) is 2.01. The van der Waals surface area contributed by atoms with Gasteiger partial charge in [-0.3, -0.25) is 4.79 Å². The highest BCUT2D eigenvalue weighted by molar-refractivity contribution is 5.84. The van der Waals surface area contributed by atoms with Crippen molar-refractivity contribution in [2.24, 2.45) is 17.3 Å². The number of fused-ring (bicyclic) bond motifs is 2. The van der Waals surface area contributed by atoms with E-state index in [0.29, 0.717) is 17.1 Å². The van der Waals surface area contributed by atoms with Gasteiger partial charge in [0.1, 0.15) is 5.78 Å². The zero-order chi connectivity index (χ0) is 7.35. The van der Waals surface area contributed by atoms with E-state index in [1.165, 1.54) is 6.42 Å². The molecule has 2 bridgehead atoms. The first-order chi connectivity index (χ1) is 4.62. The lowest BCUT2D eigenvalue weighted by atomic mass is 9.48. The highest BCUT2D eigenvalue weighted by atomic mass is 16.1. The minimum atomic E-state index is 0.356. The predicted molar refractivity (Wildman–Crippen MR) is 39.6 cm³/mol. The molecular weight excluding hydrogens is 124 g/mol. The molecule has 0 radical (unpaired) electrons. The van der Waals surface area contributed by atoms with Crippen molar-refractivity contribution in [1.29, 1.82) is 0 Å². The van der Waals surface area contributed by atoms with Gasteiger partial charge in [0.05, 0.1) is 0 Å². The number of Topliss-reactive ketones (excluding diaryl/α,β-unsaturated/α-hetero) is 1. The molecular formula is C9H14O. The van der Waals surface area contributed by atoms with Gasteiger partial charge in [-0.05, 0) is 24.2 Å². The lowest BCUT2D eigenvalue weighted by Gasteiger charge is -2.55. The molecule has 3 fully saturated rings. The molecule has 0 aliphatic heterocycles. The molecule has 0 aromatic carbocycles. The zero-order valence-electron chi connectivity index (χ0n) is 6.68. The van der Waals surface area contributed by atoms with Crippen LogP contribution in [-0.2, 0) is 4.79 Å². The lowest BCUT2D eigenvalue weighted by Crippen LogP contribution is -2.52. The van der Waals surface area contributed by atoms with Gasteiger partial charge in [-0.1, -0.05) is 13.8 Å². The molecule has 10 heavy (non-hydrogen) atoms. The van der Waals surface area contributed by atoms with Crippen LogP contribution in [0.1, 0.15) is 33.1 Å². The summed E-state index contributed by atoms with van der Waals surface area (Å²) in [6.07, 6.45) is 3.20. The minimum absolute atomic E-state index is 0.356. The van der Waals surface area contributed by atoms with Gasteiger partial charge in [-0.2, -0.15) is 0 Å². The minimum Gasteiger partial charge on any atom is -0.299 e. The Labute approximate surface area is 61.8 Å². The van der Waals surface area contributed by atoms with Crippen LogP contribution in [0.5, 0.6) is 0 Å². The van der Waals surface area contributed by atoms with Gasteiger partial charge in [0.2, 0.25) is 0 Å². The molecule has 1 nitrogen and oxygen atoms in total. The van der Waals surface area contributed by atoms with Crippen molar-refractivity contribution in [3.05, 3.63) is 0 Å². The summed E-state index contributed by atoms with van der Waals surface area (Å²) in [7, 11) is 0. The molecule has 0 amide bonds. The Hall–Kier alpha value is -0.330. The van der Waals surface area contributed by atoms with Crippen molar-refractivity contribution >= 4 is 5.78 Å². The third-order valence-corrected chi connectivity index (χ3v) is 3.60. The van der Waals surface area contributed by atoms with Crippen LogP contribution in [0.2, 0.25) is 0 Å². The summed E-state index contributed by atoms with van der Waals surface area (Å²) in [5, 5.41) is 0. The molecule has 0 aromatic heterocycles. The lowest BCUT2D eigenvalue weighted by molar-refractivity contribution is -0.148. The second kappa shape index (κ2) is 1.63. The summed E-state index contributed by atoms with van der Waals surface area (Å²) in [6.45, 7) is 4.48. The normalized spacial score (nSPS) is 42.8. The molecule has 3 saturated carbocycles. The Morgan fingerprint density at radius 1 is 1.50 bits per heavy atom.